The second-order valence-corrected chi connectivity index (χ2v) is 11.0. The van der Waals surface area contributed by atoms with Gasteiger partial charge in [-0.25, -0.2) is 8.42 Å². The summed E-state index contributed by atoms with van der Waals surface area (Å²) >= 11 is 0. The maximum Gasteiger partial charge on any atom is 0.242 e. The molecular formula is C29H35N3O4S. The van der Waals surface area contributed by atoms with E-state index in [2.05, 4.69) is 5.32 Å². The van der Waals surface area contributed by atoms with Gasteiger partial charge in [0.05, 0.1) is 11.9 Å². The number of rotatable bonds is 12. The maximum absolute atomic E-state index is 13.6. The number of aryl methyl sites for hydroxylation is 1. The van der Waals surface area contributed by atoms with Crippen molar-refractivity contribution in [3.05, 3.63) is 102 Å². The van der Waals surface area contributed by atoms with E-state index >= 15 is 0 Å². The molecule has 0 fully saturated rings. The number of para-hydroxylation sites is 1. The summed E-state index contributed by atoms with van der Waals surface area (Å²) in [5, 5.41) is 2.71. The third kappa shape index (κ3) is 8.18. The smallest absolute Gasteiger partial charge is 0.242 e. The van der Waals surface area contributed by atoms with Crippen LogP contribution in [0.1, 0.15) is 29.5 Å². The predicted octanol–water partition coefficient (Wildman–Crippen LogP) is 3.93. The van der Waals surface area contributed by atoms with Gasteiger partial charge in [0.2, 0.25) is 21.8 Å². The Hall–Kier alpha value is -3.65. The fourth-order valence-electron chi connectivity index (χ4n) is 4.33. The van der Waals surface area contributed by atoms with Gasteiger partial charge in [0, 0.05) is 33.0 Å². The molecular weight excluding hydrogens is 486 g/mol. The maximum atomic E-state index is 13.6. The molecule has 1 atom stereocenters. The Bertz CT molecular complexity index is 1280. The van der Waals surface area contributed by atoms with Gasteiger partial charge in [-0.2, -0.15) is 0 Å². The summed E-state index contributed by atoms with van der Waals surface area (Å²) in [5.41, 5.74) is 3.50. The van der Waals surface area contributed by atoms with E-state index in [4.69, 9.17) is 0 Å². The Morgan fingerprint density at radius 3 is 2.11 bits per heavy atom. The van der Waals surface area contributed by atoms with Gasteiger partial charge in [0.15, 0.2) is 0 Å². The molecule has 0 heterocycles. The van der Waals surface area contributed by atoms with Gasteiger partial charge in [-0.05, 0) is 36.6 Å². The molecule has 0 spiro atoms. The Morgan fingerprint density at radius 2 is 1.51 bits per heavy atom. The highest BCUT2D eigenvalue weighted by atomic mass is 32.2. The second-order valence-electron chi connectivity index (χ2n) is 9.10. The molecule has 37 heavy (non-hydrogen) atoms. The van der Waals surface area contributed by atoms with Gasteiger partial charge in [0.25, 0.3) is 0 Å². The summed E-state index contributed by atoms with van der Waals surface area (Å²) in [6.45, 7) is 2.43. The number of benzene rings is 3. The number of hydrogen-bond donors (Lipinski definition) is 1. The molecule has 0 bridgehead atoms. The largest absolute Gasteiger partial charge is 0.357 e. The van der Waals surface area contributed by atoms with E-state index in [1.807, 2.05) is 67.6 Å². The lowest BCUT2D eigenvalue weighted by atomic mass is 10.0. The first-order chi connectivity index (χ1) is 17.7. The predicted molar refractivity (Wildman–Crippen MR) is 148 cm³/mol. The first-order valence-corrected chi connectivity index (χ1v) is 14.2. The molecule has 2 amide bonds. The minimum atomic E-state index is -3.52. The summed E-state index contributed by atoms with van der Waals surface area (Å²) in [6.07, 6.45) is 1.95. The van der Waals surface area contributed by atoms with E-state index in [1.165, 1.54) is 4.31 Å². The highest BCUT2D eigenvalue weighted by molar-refractivity contribution is 7.92. The van der Waals surface area contributed by atoms with E-state index in [0.717, 1.165) is 22.9 Å². The first kappa shape index (κ1) is 27.9. The fourth-order valence-corrected chi connectivity index (χ4v) is 5.29. The minimum Gasteiger partial charge on any atom is -0.357 e. The molecule has 0 aliphatic carbocycles. The summed E-state index contributed by atoms with van der Waals surface area (Å²) < 4.78 is 26.2. The lowest BCUT2D eigenvalue weighted by Crippen LogP contribution is -2.49. The molecule has 0 unspecified atom stereocenters. The van der Waals surface area contributed by atoms with E-state index in [1.54, 1.807) is 36.2 Å². The molecule has 3 aromatic carbocycles. The number of nitrogens with one attached hydrogen (secondary N) is 1. The lowest BCUT2D eigenvalue weighted by Gasteiger charge is -2.31. The van der Waals surface area contributed by atoms with Gasteiger partial charge >= 0.3 is 0 Å². The van der Waals surface area contributed by atoms with Crippen LogP contribution in [0, 0.1) is 6.92 Å². The van der Waals surface area contributed by atoms with Crippen molar-refractivity contribution in [1.82, 2.24) is 10.2 Å². The van der Waals surface area contributed by atoms with Gasteiger partial charge < -0.3 is 10.2 Å². The number of carbonyl (C=O) groups excluding carboxylic acids is 2. The zero-order chi connectivity index (χ0) is 26.8. The van der Waals surface area contributed by atoms with E-state index in [0.29, 0.717) is 18.5 Å². The SMILES string of the molecule is CNC(=O)[C@@H](Cc1ccccc1)N(Cc1cccc(C)c1)C(=O)CCCN(c1ccccc1)S(C)(=O)=O. The Balaban J connectivity index is 1.83. The monoisotopic (exact) mass is 521 g/mol. The van der Waals surface area contributed by atoms with Crippen LogP contribution in [0.3, 0.4) is 0 Å². The first-order valence-electron chi connectivity index (χ1n) is 12.3. The van der Waals surface area contributed by atoms with Crippen molar-refractivity contribution in [1.29, 1.82) is 0 Å². The molecule has 1 N–H and O–H groups in total. The number of carbonyl (C=O) groups is 2. The van der Waals surface area contributed by atoms with Crippen LogP contribution in [-0.4, -0.2) is 51.0 Å². The van der Waals surface area contributed by atoms with Gasteiger partial charge in [0.1, 0.15) is 6.04 Å². The second kappa shape index (κ2) is 13.1. The third-order valence-electron chi connectivity index (χ3n) is 6.15. The van der Waals surface area contributed by atoms with Crippen molar-refractivity contribution in [2.45, 2.75) is 38.8 Å². The number of likely N-dealkylation sites (N-methyl/N-ethyl adjacent to an activating group) is 1. The van der Waals surface area contributed by atoms with Crippen molar-refractivity contribution in [3.63, 3.8) is 0 Å². The molecule has 8 heteroatoms. The fraction of sp³-hybridized carbons (Fsp3) is 0.310. The normalized spacial score (nSPS) is 12.0. The molecule has 0 saturated heterocycles. The van der Waals surface area contributed by atoms with Crippen LogP contribution in [0.15, 0.2) is 84.9 Å². The molecule has 0 saturated carbocycles. The van der Waals surface area contributed by atoms with Crippen LogP contribution in [0.25, 0.3) is 0 Å². The molecule has 0 radical (unpaired) electrons. The van der Waals surface area contributed by atoms with Crippen LogP contribution in [-0.2, 0) is 32.6 Å². The molecule has 0 aromatic heterocycles. The van der Waals surface area contributed by atoms with Crippen molar-refractivity contribution in [3.8, 4) is 0 Å². The molecule has 3 aromatic rings. The molecule has 7 nitrogen and oxygen atoms in total. The average Bonchev–Trinajstić information content (AvgIpc) is 2.88. The Labute approximate surface area is 220 Å². The van der Waals surface area contributed by atoms with Crippen LogP contribution in [0.5, 0.6) is 0 Å². The Morgan fingerprint density at radius 1 is 0.892 bits per heavy atom. The number of anilines is 1. The summed E-state index contributed by atoms with van der Waals surface area (Å²) in [7, 11) is -1.95. The highest BCUT2D eigenvalue weighted by Gasteiger charge is 2.30. The average molecular weight is 522 g/mol. The van der Waals surface area contributed by atoms with Crippen LogP contribution in [0.2, 0.25) is 0 Å². The van der Waals surface area contributed by atoms with Gasteiger partial charge in [-0.15, -0.1) is 0 Å². The third-order valence-corrected chi connectivity index (χ3v) is 7.34. The van der Waals surface area contributed by atoms with Crippen molar-refractivity contribution in [2.24, 2.45) is 0 Å². The van der Waals surface area contributed by atoms with Gasteiger partial charge in [-0.3, -0.25) is 13.9 Å². The molecule has 196 valence electrons. The zero-order valence-corrected chi connectivity index (χ0v) is 22.4. The topological polar surface area (TPSA) is 86.8 Å². The van der Waals surface area contributed by atoms with Crippen LogP contribution >= 0.6 is 0 Å². The van der Waals surface area contributed by atoms with Crippen molar-refractivity contribution >= 4 is 27.5 Å². The van der Waals surface area contributed by atoms with Gasteiger partial charge in [-0.1, -0.05) is 78.4 Å². The van der Waals surface area contributed by atoms with E-state index in [9.17, 15) is 18.0 Å². The van der Waals surface area contributed by atoms with Crippen molar-refractivity contribution in [2.75, 3.05) is 24.2 Å². The zero-order valence-electron chi connectivity index (χ0n) is 21.6. The van der Waals surface area contributed by atoms with Crippen LogP contribution < -0.4 is 9.62 Å². The summed E-state index contributed by atoms with van der Waals surface area (Å²) in [5.74, 6) is -0.445. The minimum absolute atomic E-state index is 0.104. The molecule has 0 aliphatic rings. The van der Waals surface area contributed by atoms with Crippen LogP contribution in [0.4, 0.5) is 5.69 Å². The lowest BCUT2D eigenvalue weighted by molar-refractivity contribution is -0.141. The number of hydrogen-bond acceptors (Lipinski definition) is 4. The molecule has 0 aliphatic heterocycles. The number of sulfonamides is 1. The summed E-state index contributed by atoms with van der Waals surface area (Å²) in [6, 6.07) is 25.6. The Kier molecular flexibility index (Phi) is 9.85. The summed E-state index contributed by atoms with van der Waals surface area (Å²) in [4.78, 5) is 28.3. The highest BCUT2D eigenvalue weighted by Crippen LogP contribution is 2.20. The number of nitrogens with zero attached hydrogens (tertiary/aromatic N) is 2. The molecule has 3 rings (SSSR count). The number of amides is 2. The standard InChI is InChI=1S/C29H35N3O4S/c1-23-12-10-15-25(20-23)22-31(27(29(34)30-2)21-24-13-6-4-7-14-24)28(33)18-11-19-32(37(3,35)36)26-16-8-5-9-17-26/h4-10,12-17,20,27H,11,18-19,21-22H2,1-3H3,(H,30,34)/t27-/m1/s1. The van der Waals surface area contributed by atoms with Crippen molar-refractivity contribution < 1.29 is 18.0 Å². The van der Waals surface area contributed by atoms with E-state index < -0.39 is 16.1 Å². The van der Waals surface area contributed by atoms with E-state index in [-0.39, 0.29) is 31.3 Å². The quantitative estimate of drug-likeness (QED) is 0.391.